The van der Waals surface area contributed by atoms with E-state index in [0.29, 0.717) is 5.92 Å². The van der Waals surface area contributed by atoms with E-state index in [-0.39, 0.29) is 0 Å². The first-order chi connectivity index (χ1) is 9.51. The predicted octanol–water partition coefficient (Wildman–Crippen LogP) is 6.36. The molecule has 0 aromatic carbocycles. The van der Waals surface area contributed by atoms with E-state index in [1.165, 1.54) is 38.5 Å². The maximum Gasteiger partial charge on any atom is 0.0902 e. The van der Waals surface area contributed by atoms with Crippen molar-refractivity contribution in [3.8, 4) is 0 Å². The number of unbranched alkanes of at least 4 members (excludes halogenated alkanes) is 3. The van der Waals surface area contributed by atoms with Crippen molar-refractivity contribution in [3.63, 3.8) is 0 Å². The molecule has 1 nitrogen and oxygen atoms in total. The van der Waals surface area contributed by atoms with Crippen LogP contribution < -0.4 is 0 Å². The average molecular weight is 280 g/mol. The highest BCUT2D eigenvalue weighted by molar-refractivity contribution is 4.80. The molecule has 118 valence electrons. The molecule has 0 spiro atoms. The van der Waals surface area contributed by atoms with E-state index in [2.05, 4.69) is 40.9 Å². The van der Waals surface area contributed by atoms with Crippen molar-refractivity contribution in [2.75, 3.05) is 6.61 Å². The monoisotopic (exact) mass is 280 g/mol. The molecule has 0 aliphatic heterocycles. The Labute approximate surface area is 127 Å². The molecule has 0 amide bonds. The lowest BCUT2D eigenvalue weighted by molar-refractivity contribution is 0.146. The van der Waals surface area contributed by atoms with Crippen LogP contribution in [0.1, 0.15) is 72.6 Å². The Hall–Kier alpha value is -0.720. The fourth-order valence-electron chi connectivity index (χ4n) is 2.51. The summed E-state index contributed by atoms with van der Waals surface area (Å²) in [6.07, 6.45) is 10.7. The lowest BCUT2D eigenvalue weighted by Crippen LogP contribution is -2.15. The minimum absolute atomic E-state index is 0.622. The van der Waals surface area contributed by atoms with Crippen molar-refractivity contribution in [1.82, 2.24) is 0 Å². The van der Waals surface area contributed by atoms with Crippen molar-refractivity contribution in [1.29, 1.82) is 0 Å². The first-order valence-electron chi connectivity index (χ1n) is 8.42. The van der Waals surface area contributed by atoms with Gasteiger partial charge in [-0.1, -0.05) is 59.6 Å². The number of rotatable bonds is 13. The second kappa shape index (κ2) is 12.1. The van der Waals surface area contributed by atoms with Crippen molar-refractivity contribution >= 4 is 0 Å². The van der Waals surface area contributed by atoms with E-state index in [9.17, 15) is 0 Å². The molecule has 0 bridgehead atoms. The quantitative estimate of drug-likeness (QED) is 0.217. The van der Waals surface area contributed by atoms with E-state index in [0.717, 1.165) is 30.6 Å². The van der Waals surface area contributed by atoms with Gasteiger partial charge in [-0.2, -0.15) is 0 Å². The molecule has 0 saturated carbocycles. The van der Waals surface area contributed by atoms with Crippen LogP contribution in [0.5, 0.6) is 0 Å². The molecule has 0 radical (unpaired) electrons. The minimum atomic E-state index is 0.622. The molecule has 3 unspecified atom stereocenters. The molecule has 0 fully saturated rings. The maximum absolute atomic E-state index is 5.66. The van der Waals surface area contributed by atoms with E-state index < -0.39 is 0 Å². The summed E-state index contributed by atoms with van der Waals surface area (Å²) < 4.78 is 5.66. The molecule has 0 aliphatic rings. The van der Waals surface area contributed by atoms with Crippen molar-refractivity contribution in [2.45, 2.75) is 72.6 Å². The summed E-state index contributed by atoms with van der Waals surface area (Å²) in [5.41, 5.74) is 0. The van der Waals surface area contributed by atoms with Crippen LogP contribution in [0, 0.1) is 17.8 Å². The summed E-state index contributed by atoms with van der Waals surface area (Å²) in [5.74, 6) is 3.13. The summed E-state index contributed by atoms with van der Waals surface area (Å²) in [6, 6.07) is 0. The third-order valence-electron chi connectivity index (χ3n) is 4.28. The van der Waals surface area contributed by atoms with Gasteiger partial charge in [0, 0.05) is 6.42 Å². The highest BCUT2D eigenvalue weighted by atomic mass is 16.5. The van der Waals surface area contributed by atoms with Gasteiger partial charge in [-0.25, -0.2) is 0 Å². The Morgan fingerprint density at radius 1 is 1.10 bits per heavy atom. The first kappa shape index (κ1) is 19.3. The van der Waals surface area contributed by atoms with Gasteiger partial charge in [-0.3, -0.25) is 0 Å². The molecular formula is C19H36O. The van der Waals surface area contributed by atoms with Crippen LogP contribution in [0.4, 0.5) is 0 Å². The minimum Gasteiger partial charge on any atom is -0.498 e. The topological polar surface area (TPSA) is 9.23 Å². The van der Waals surface area contributed by atoms with Gasteiger partial charge >= 0.3 is 0 Å². The lowest BCUT2D eigenvalue weighted by Gasteiger charge is -2.23. The van der Waals surface area contributed by atoms with Crippen LogP contribution in [-0.2, 0) is 4.74 Å². The summed E-state index contributed by atoms with van der Waals surface area (Å²) in [6.45, 7) is 17.7. The Morgan fingerprint density at radius 3 is 2.40 bits per heavy atom. The molecular weight excluding hydrogens is 244 g/mol. The van der Waals surface area contributed by atoms with E-state index in [1.807, 2.05) is 6.08 Å². The predicted molar refractivity (Wildman–Crippen MR) is 90.8 cm³/mol. The van der Waals surface area contributed by atoms with Crippen LogP contribution in [0.25, 0.3) is 0 Å². The lowest BCUT2D eigenvalue weighted by atomic mass is 9.84. The van der Waals surface area contributed by atoms with Gasteiger partial charge in [-0.05, 0) is 37.0 Å². The third-order valence-corrected chi connectivity index (χ3v) is 4.28. The van der Waals surface area contributed by atoms with Gasteiger partial charge in [0.25, 0.3) is 0 Å². The second-order valence-corrected chi connectivity index (χ2v) is 6.43. The van der Waals surface area contributed by atoms with Crippen LogP contribution in [0.2, 0.25) is 0 Å². The molecule has 20 heavy (non-hydrogen) atoms. The number of hydrogen-bond acceptors (Lipinski definition) is 1. The van der Waals surface area contributed by atoms with Crippen molar-refractivity contribution in [2.24, 2.45) is 17.8 Å². The van der Waals surface area contributed by atoms with Crippen LogP contribution >= 0.6 is 0 Å². The second-order valence-electron chi connectivity index (χ2n) is 6.43. The van der Waals surface area contributed by atoms with Gasteiger partial charge < -0.3 is 4.74 Å². The molecule has 0 aliphatic carbocycles. The number of ether oxygens (including phenoxy) is 1. The van der Waals surface area contributed by atoms with Gasteiger partial charge in [-0.15, -0.1) is 6.58 Å². The number of hydrogen-bond donors (Lipinski definition) is 0. The molecule has 1 heteroatoms. The third kappa shape index (κ3) is 10.1. The fraction of sp³-hybridized carbons (Fsp3) is 0.789. The zero-order chi connectivity index (χ0) is 15.4. The molecule has 0 heterocycles. The Morgan fingerprint density at radius 2 is 1.80 bits per heavy atom. The Balaban J connectivity index is 3.74. The zero-order valence-electron chi connectivity index (χ0n) is 14.3. The Bertz CT molecular complexity index is 256. The maximum atomic E-state index is 5.66. The first-order valence-corrected chi connectivity index (χ1v) is 8.42. The van der Waals surface area contributed by atoms with Gasteiger partial charge in [0.15, 0.2) is 0 Å². The van der Waals surface area contributed by atoms with E-state index >= 15 is 0 Å². The summed E-state index contributed by atoms with van der Waals surface area (Å²) in [4.78, 5) is 0. The van der Waals surface area contributed by atoms with Crippen LogP contribution in [-0.4, -0.2) is 6.61 Å². The largest absolute Gasteiger partial charge is 0.498 e. The molecule has 0 aromatic heterocycles. The zero-order valence-corrected chi connectivity index (χ0v) is 14.3. The number of allylic oxidation sites excluding steroid dienone is 2. The smallest absolute Gasteiger partial charge is 0.0902 e. The SMILES string of the molecule is C=CCCCCCC(C)C(C)CC(C)COC(=C)CC. The van der Waals surface area contributed by atoms with E-state index in [4.69, 9.17) is 4.74 Å². The average Bonchev–Trinajstić information content (AvgIpc) is 2.44. The highest BCUT2D eigenvalue weighted by Gasteiger charge is 2.15. The Kier molecular flexibility index (Phi) is 11.6. The van der Waals surface area contributed by atoms with Crippen molar-refractivity contribution in [3.05, 3.63) is 25.0 Å². The van der Waals surface area contributed by atoms with E-state index in [1.54, 1.807) is 0 Å². The molecule has 0 rings (SSSR count). The molecule has 0 saturated heterocycles. The molecule has 0 aromatic rings. The van der Waals surface area contributed by atoms with Crippen LogP contribution in [0.3, 0.4) is 0 Å². The van der Waals surface area contributed by atoms with Crippen molar-refractivity contribution < 1.29 is 4.74 Å². The fourth-order valence-corrected chi connectivity index (χ4v) is 2.51. The standard InChI is InChI=1S/C19H36O/c1-7-9-10-11-12-13-17(4)18(5)14-16(3)15-20-19(6)8-2/h7,16-18H,1,6,8-15H2,2-5H3. The van der Waals surface area contributed by atoms with Gasteiger partial charge in [0.1, 0.15) is 0 Å². The normalized spacial score (nSPS) is 15.4. The summed E-state index contributed by atoms with van der Waals surface area (Å²) in [5, 5.41) is 0. The van der Waals surface area contributed by atoms with Crippen LogP contribution in [0.15, 0.2) is 25.0 Å². The van der Waals surface area contributed by atoms with Gasteiger partial charge in [0.2, 0.25) is 0 Å². The molecule has 3 atom stereocenters. The summed E-state index contributed by atoms with van der Waals surface area (Å²) in [7, 11) is 0. The van der Waals surface area contributed by atoms with Gasteiger partial charge in [0.05, 0.1) is 12.4 Å². The molecule has 0 N–H and O–H groups in total. The summed E-state index contributed by atoms with van der Waals surface area (Å²) >= 11 is 0. The highest BCUT2D eigenvalue weighted by Crippen LogP contribution is 2.25.